The van der Waals surface area contributed by atoms with E-state index in [1.165, 1.54) is 0 Å². The van der Waals surface area contributed by atoms with Gasteiger partial charge in [0.25, 0.3) is 0 Å². The first-order chi connectivity index (χ1) is 11.1. The van der Waals surface area contributed by atoms with Crippen molar-refractivity contribution < 1.29 is 9.36 Å². The van der Waals surface area contributed by atoms with E-state index in [1.807, 2.05) is 84.0 Å². The molecule has 0 spiro atoms. The maximum absolute atomic E-state index is 14.2. The third-order valence-corrected chi connectivity index (χ3v) is 8.86. The van der Waals surface area contributed by atoms with Crippen LogP contribution in [0.15, 0.2) is 42.5 Å². The van der Waals surface area contributed by atoms with E-state index in [0.717, 1.165) is 16.7 Å². The summed E-state index contributed by atoms with van der Waals surface area (Å²) in [6.45, 7) is 11.8. The molecule has 0 aliphatic heterocycles. The SMILES string of the molecule is CCC(C)(C)P(=O)(C(=O)c1c(C)cc(C)cc1C)c1ccccc1. The second kappa shape index (κ2) is 6.69. The fourth-order valence-electron chi connectivity index (χ4n) is 3.28. The Bertz CT molecular complexity index is 781. The molecule has 0 radical (unpaired) electrons. The summed E-state index contributed by atoms with van der Waals surface area (Å²) < 4.78 is 14.2. The molecule has 0 aliphatic carbocycles. The lowest BCUT2D eigenvalue weighted by atomic mass is 10.0. The van der Waals surface area contributed by atoms with Crippen molar-refractivity contribution in [2.24, 2.45) is 0 Å². The van der Waals surface area contributed by atoms with E-state index in [4.69, 9.17) is 0 Å². The molecule has 2 aromatic rings. The number of hydrogen-bond donors (Lipinski definition) is 0. The van der Waals surface area contributed by atoms with Gasteiger partial charge in [-0.15, -0.1) is 0 Å². The van der Waals surface area contributed by atoms with Gasteiger partial charge < -0.3 is 4.57 Å². The summed E-state index contributed by atoms with van der Waals surface area (Å²) in [6.07, 6.45) is 0.675. The number of aryl methyl sites for hydroxylation is 3. The van der Waals surface area contributed by atoms with Gasteiger partial charge in [0.1, 0.15) is 0 Å². The van der Waals surface area contributed by atoms with E-state index in [-0.39, 0.29) is 5.52 Å². The predicted octanol–water partition coefficient (Wildman–Crippen LogP) is 5.63. The third-order valence-electron chi connectivity index (χ3n) is 5.01. The van der Waals surface area contributed by atoms with Gasteiger partial charge in [-0.2, -0.15) is 0 Å². The van der Waals surface area contributed by atoms with E-state index in [1.54, 1.807) is 0 Å². The zero-order valence-electron chi connectivity index (χ0n) is 15.5. The molecule has 0 amide bonds. The molecule has 0 bridgehead atoms. The molecule has 0 fully saturated rings. The van der Waals surface area contributed by atoms with Gasteiger partial charge in [0.05, 0.1) is 0 Å². The molecule has 2 rings (SSSR count). The Morgan fingerprint density at radius 1 is 1.00 bits per heavy atom. The van der Waals surface area contributed by atoms with Gasteiger partial charge in [0.15, 0.2) is 7.14 Å². The quantitative estimate of drug-likeness (QED) is 0.660. The van der Waals surface area contributed by atoms with Crippen LogP contribution in [0.3, 0.4) is 0 Å². The average molecular weight is 342 g/mol. The number of carbonyl (C=O) groups excluding carboxylic acids is 1. The summed E-state index contributed by atoms with van der Waals surface area (Å²) in [5, 5.41) is 0.0658. The Balaban J connectivity index is 2.75. The average Bonchev–Trinajstić information content (AvgIpc) is 2.53. The molecule has 24 heavy (non-hydrogen) atoms. The van der Waals surface area contributed by atoms with Gasteiger partial charge in [-0.1, -0.05) is 68.8 Å². The van der Waals surface area contributed by atoms with Gasteiger partial charge >= 0.3 is 0 Å². The molecule has 0 saturated carbocycles. The molecule has 0 N–H and O–H groups in total. The summed E-state index contributed by atoms with van der Waals surface area (Å²) >= 11 is 0. The number of rotatable bonds is 5. The Hall–Kier alpha value is -1.66. The molecule has 0 aromatic heterocycles. The summed E-state index contributed by atoms with van der Waals surface area (Å²) in [7, 11) is -3.30. The molecule has 1 unspecified atom stereocenters. The van der Waals surface area contributed by atoms with E-state index in [0.29, 0.717) is 17.3 Å². The minimum absolute atomic E-state index is 0.212. The highest BCUT2D eigenvalue weighted by atomic mass is 31.2. The normalized spacial score (nSPS) is 14.2. The lowest BCUT2D eigenvalue weighted by Crippen LogP contribution is -2.31. The zero-order chi connectivity index (χ0) is 18.1. The third kappa shape index (κ3) is 3.00. The second-order valence-corrected chi connectivity index (χ2v) is 10.5. The molecule has 2 aromatic carbocycles. The van der Waals surface area contributed by atoms with Crippen LogP contribution in [0.1, 0.15) is 54.2 Å². The van der Waals surface area contributed by atoms with Crippen LogP contribution in [0.25, 0.3) is 0 Å². The predicted molar refractivity (Wildman–Crippen MR) is 103 cm³/mol. The topological polar surface area (TPSA) is 34.1 Å². The largest absolute Gasteiger partial charge is 0.310 e. The molecule has 1 atom stereocenters. The van der Waals surface area contributed by atoms with Gasteiger partial charge in [-0.25, -0.2) is 0 Å². The van der Waals surface area contributed by atoms with Gasteiger partial charge in [-0.3, -0.25) is 4.79 Å². The van der Waals surface area contributed by atoms with Crippen molar-refractivity contribution in [3.05, 3.63) is 64.7 Å². The summed E-state index contributed by atoms with van der Waals surface area (Å²) in [6, 6.07) is 13.2. The maximum Gasteiger partial charge on any atom is 0.226 e. The molecule has 0 aliphatic rings. The summed E-state index contributed by atoms with van der Waals surface area (Å²) in [4.78, 5) is 13.6. The maximum atomic E-state index is 14.2. The molecule has 0 saturated heterocycles. The summed E-state index contributed by atoms with van der Waals surface area (Å²) in [5.74, 6) is 0. The first kappa shape index (κ1) is 18.7. The Morgan fingerprint density at radius 3 is 1.96 bits per heavy atom. The number of benzene rings is 2. The molecular weight excluding hydrogens is 315 g/mol. The van der Waals surface area contributed by atoms with E-state index in [9.17, 15) is 9.36 Å². The van der Waals surface area contributed by atoms with Crippen molar-refractivity contribution in [1.82, 2.24) is 0 Å². The fourth-order valence-corrected chi connectivity index (χ4v) is 6.47. The van der Waals surface area contributed by atoms with E-state index >= 15 is 0 Å². The van der Waals surface area contributed by atoms with Crippen molar-refractivity contribution in [3.8, 4) is 0 Å². The Kier molecular flexibility index (Phi) is 5.20. The van der Waals surface area contributed by atoms with Crippen LogP contribution in [0.2, 0.25) is 0 Å². The van der Waals surface area contributed by atoms with Crippen molar-refractivity contribution in [2.75, 3.05) is 0 Å². The van der Waals surface area contributed by atoms with Crippen molar-refractivity contribution in [3.63, 3.8) is 0 Å². The standard InChI is InChI=1S/C21H27O2P/c1-7-21(5,6)24(23,18-11-9-8-10-12-18)20(22)19-16(3)13-15(2)14-17(19)4/h8-14H,7H2,1-6H3. The minimum Gasteiger partial charge on any atom is -0.310 e. The zero-order valence-corrected chi connectivity index (χ0v) is 16.4. The van der Waals surface area contributed by atoms with Crippen molar-refractivity contribution in [2.45, 2.75) is 53.1 Å². The highest BCUT2D eigenvalue weighted by Gasteiger charge is 2.47. The van der Waals surface area contributed by atoms with Gasteiger partial charge in [-0.05, 0) is 38.3 Å². The molecule has 2 nitrogen and oxygen atoms in total. The Morgan fingerprint density at radius 2 is 1.50 bits per heavy atom. The smallest absolute Gasteiger partial charge is 0.226 e. The first-order valence-corrected chi connectivity index (χ1v) is 10.1. The van der Waals surface area contributed by atoms with Crippen LogP contribution in [-0.2, 0) is 4.57 Å². The summed E-state index contributed by atoms with van der Waals surface area (Å²) in [5.41, 5.74) is 3.33. The molecule has 128 valence electrons. The van der Waals surface area contributed by atoms with Crippen molar-refractivity contribution >= 4 is 18.0 Å². The van der Waals surface area contributed by atoms with Crippen LogP contribution in [0, 0.1) is 20.8 Å². The van der Waals surface area contributed by atoms with E-state index < -0.39 is 12.3 Å². The van der Waals surface area contributed by atoms with Crippen LogP contribution >= 0.6 is 7.14 Å². The number of hydrogen-bond acceptors (Lipinski definition) is 2. The Labute approximate surface area is 145 Å². The van der Waals surface area contributed by atoms with Crippen LogP contribution in [0.5, 0.6) is 0 Å². The van der Waals surface area contributed by atoms with Crippen LogP contribution in [-0.4, -0.2) is 10.7 Å². The monoisotopic (exact) mass is 342 g/mol. The minimum atomic E-state index is -3.30. The second-order valence-electron chi connectivity index (χ2n) is 7.19. The lowest BCUT2D eigenvalue weighted by Gasteiger charge is -2.33. The highest BCUT2D eigenvalue weighted by molar-refractivity contribution is 7.88. The fraction of sp³-hybridized carbons (Fsp3) is 0.381. The molecule has 0 heterocycles. The lowest BCUT2D eigenvalue weighted by molar-refractivity contribution is 0.107. The highest BCUT2D eigenvalue weighted by Crippen LogP contribution is 2.60. The van der Waals surface area contributed by atoms with Crippen molar-refractivity contribution in [1.29, 1.82) is 0 Å². The van der Waals surface area contributed by atoms with Crippen LogP contribution in [0.4, 0.5) is 0 Å². The van der Waals surface area contributed by atoms with E-state index in [2.05, 4.69) is 0 Å². The van der Waals surface area contributed by atoms with Crippen LogP contribution < -0.4 is 5.30 Å². The number of carbonyl (C=O) groups is 1. The van der Waals surface area contributed by atoms with Gasteiger partial charge in [0, 0.05) is 16.0 Å². The van der Waals surface area contributed by atoms with Gasteiger partial charge in [0.2, 0.25) is 5.52 Å². The molecule has 3 heteroatoms. The first-order valence-electron chi connectivity index (χ1n) is 8.43. The molecular formula is C21H27O2P.